The minimum Gasteiger partial charge on any atom is -0.453 e. The van der Waals surface area contributed by atoms with Crippen molar-refractivity contribution in [1.82, 2.24) is 4.73 Å². The third kappa shape index (κ3) is 1.59. The number of methoxy groups -OCH3 is 1. The Morgan fingerprint density at radius 1 is 1.47 bits per heavy atom. The van der Waals surface area contributed by atoms with Gasteiger partial charge in [-0.15, -0.1) is 0 Å². The number of para-hydroxylation sites is 1. The standard InChI is InChI=1S/C10H10N2O3/c1-15-10(13)11-8-6-12(14)9-5-3-2-4-7(8)9/h2-6,14H,1H3,(H,11,13). The maximum Gasteiger partial charge on any atom is 0.411 e. The summed E-state index contributed by atoms with van der Waals surface area (Å²) in [6.45, 7) is 0. The minimum absolute atomic E-state index is 0.514. The summed E-state index contributed by atoms with van der Waals surface area (Å²) < 4.78 is 5.43. The van der Waals surface area contributed by atoms with Crippen LogP contribution >= 0.6 is 0 Å². The predicted octanol–water partition coefficient (Wildman–Crippen LogP) is 2.06. The second-order valence-corrected chi connectivity index (χ2v) is 3.02. The Labute approximate surface area is 85.8 Å². The maximum atomic E-state index is 11.0. The molecule has 1 aromatic heterocycles. The van der Waals surface area contributed by atoms with Gasteiger partial charge in [-0.1, -0.05) is 18.2 Å². The Kier molecular flexibility index (Phi) is 2.21. The Morgan fingerprint density at radius 2 is 2.20 bits per heavy atom. The molecule has 0 saturated carbocycles. The summed E-state index contributed by atoms with van der Waals surface area (Å²) in [5.74, 6) is 0. The summed E-state index contributed by atoms with van der Waals surface area (Å²) in [7, 11) is 1.29. The van der Waals surface area contributed by atoms with Gasteiger partial charge in [-0.2, -0.15) is 4.73 Å². The lowest BCUT2D eigenvalue weighted by molar-refractivity contribution is 0.186. The van der Waals surface area contributed by atoms with Crippen LogP contribution in [0.1, 0.15) is 0 Å². The fourth-order valence-corrected chi connectivity index (χ4v) is 1.42. The van der Waals surface area contributed by atoms with Crippen molar-refractivity contribution >= 4 is 22.7 Å². The topological polar surface area (TPSA) is 63.5 Å². The number of benzene rings is 1. The van der Waals surface area contributed by atoms with Crippen LogP contribution in [0.25, 0.3) is 10.9 Å². The van der Waals surface area contributed by atoms with Gasteiger partial charge < -0.3 is 9.94 Å². The number of anilines is 1. The van der Waals surface area contributed by atoms with Crippen molar-refractivity contribution in [3.05, 3.63) is 30.5 Å². The van der Waals surface area contributed by atoms with Crippen LogP contribution in [0.15, 0.2) is 30.5 Å². The van der Waals surface area contributed by atoms with Crippen LogP contribution < -0.4 is 5.32 Å². The molecule has 0 radical (unpaired) electrons. The number of nitrogens with zero attached hydrogens (tertiary/aromatic N) is 1. The quantitative estimate of drug-likeness (QED) is 0.702. The molecule has 0 bridgehead atoms. The van der Waals surface area contributed by atoms with E-state index in [1.807, 2.05) is 6.07 Å². The number of hydrogen-bond acceptors (Lipinski definition) is 3. The fraction of sp³-hybridized carbons (Fsp3) is 0.100. The highest BCUT2D eigenvalue weighted by Crippen LogP contribution is 2.24. The molecule has 0 saturated heterocycles. The van der Waals surface area contributed by atoms with E-state index in [2.05, 4.69) is 10.1 Å². The molecular weight excluding hydrogens is 196 g/mol. The summed E-state index contributed by atoms with van der Waals surface area (Å²) in [6, 6.07) is 7.17. The zero-order chi connectivity index (χ0) is 10.8. The van der Waals surface area contributed by atoms with Crippen LogP contribution in [0.4, 0.5) is 10.5 Å². The van der Waals surface area contributed by atoms with E-state index in [-0.39, 0.29) is 0 Å². The lowest BCUT2D eigenvalue weighted by Crippen LogP contribution is -2.10. The molecule has 78 valence electrons. The van der Waals surface area contributed by atoms with Crippen molar-refractivity contribution in [2.75, 3.05) is 12.4 Å². The summed E-state index contributed by atoms with van der Waals surface area (Å²) >= 11 is 0. The van der Waals surface area contributed by atoms with Crippen molar-refractivity contribution in [2.24, 2.45) is 0 Å². The van der Waals surface area contributed by atoms with E-state index in [9.17, 15) is 10.0 Å². The van der Waals surface area contributed by atoms with E-state index in [0.717, 1.165) is 10.1 Å². The molecule has 0 aliphatic rings. The molecule has 0 aliphatic heterocycles. The Morgan fingerprint density at radius 3 is 2.93 bits per heavy atom. The number of carbonyl (C=O) groups excluding carboxylic acids is 1. The van der Waals surface area contributed by atoms with Crippen molar-refractivity contribution < 1.29 is 14.7 Å². The molecule has 5 nitrogen and oxygen atoms in total. The highest BCUT2D eigenvalue weighted by molar-refractivity contribution is 5.99. The first kappa shape index (κ1) is 9.39. The van der Waals surface area contributed by atoms with Gasteiger partial charge in [0.25, 0.3) is 0 Å². The van der Waals surface area contributed by atoms with E-state index in [1.54, 1.807) is 18.2 Å². The number of hydrogen-bond donors (Lipinski definition) is 2. The smallest absolute Gasteiger partial charge is 0.411 e. The molecule has 0 spiro atoms. The molecule has 0 unspecified atom stereocenters. The summed E-state index contributed by atoms with van der Waals surface area (Å²) in [5.41, 5.74) is 1.14. The van der Waals surface area contributed by atoms with E-state index in [4.69, 9.17) is 0 Å². The average molecular weight is 206 g/mol. The third-order valence-corrected chi connectivity index (χ3v) is 2.11. The number of fused-ring (bicyclic) bond motifs is 1. The SMILES string of the molecule is COC(=O)Nc1cn(O)c2ccccc12. The highest BCUT2D eigenvalue weighted by atomic mass is 16.5. The van der Waals surface area contributed by atoms with Gasteiger partial charge in [-0.05, 0) is 6.07 Å². The van der Waals surface area contributed by atoms with E-state index < -0.39 is 6.09 Å². The Bertz CT molecular complexity index is 504. The lowest BCUT2D eigenvalue weighted by Gasteiger charge is -2.00. The summed E-state index contributed by atoms with van der Waals surface area (Å²) in [6.07, 6.45) is 0.855. The van der Waals surface area contributed by atoms with Crippen LogP contribution in [0, 0.1) is 0 Å². The Hall–Kier alpha value is -2.17. The molecule has 2 aromatic rings. The molecule has 2 rings (SSSR count). The van der Waals surface area contributed by atoms with Crippen molar-refractivity contribution in [3.8, 4) is 0 Å². The van der Waals surface area contributed by atoms with Gasteiger partial charge in [-0.3, -0.25) is 5.32 Å². The van der Waals surface area contributed by atoms with E-state index in [0.29, 0.717) is 11.2 Å². The van der Waals surface area contributed by atoms with Crippen LogP contribution in [0.2, 0.25) is 0 Å². The van der Waals surface area contributed by atoms with Gasteiger partial charge in [0.05, 0.1) is 24.5 Å². The van der Waals surface area contributed by atoms with Gasteiger partial charge in [-0.25, -0.2) is 4.79 Å². The highest BCUT2D eigenvalue weighted by Gasteiger charge is 2.09. The first-order valence-electron chi connectivity index (χ1n) is 4.36. The monoisotopic (exact) mass is 206 g/mol. The molecule has 0 atom stereocenters. The molecular formula is C10H10N2O3. The molecule has 15 heavy (non-hydrogen) atoms. The van der Waals surface area contributed by atoms with E-state index in [1.165, 1.54) is 13.3 Å². The minimum atomic E-state index is -0.564. The lowest BCUT2D eigenvalue weighted by atomic mass is 10.2. The van der Waals surface area contributed by atoms with Gasteiger partial charge in [0.1, 0.15) is 0 Å². The molecule has 0 fully saturated rings. The first-order valence-corrected chi connectivity index (χ1v) is 4.36. The number of carbonyl (C=O) groups is 1. The van der Waals surface area contributed by atoms with Gasteiger partial charge >= 0.3 is 6.09 Å². The van der Waals surface area contributed by atoms with Crippen molar-refractivity contribution in [1.29, 1.82) is 0 Å². The second kappa shape index (κ2) is 3.53. The Balaban J connectivity index is 2.48. The van der Waals surface area contributed by atoms with Crippen LogP contribution in [-0.2, 0) is 4.74 Å². The molecule has 5 heteroatoms. The number of amides is 1. The second-order valence-electron chi connectivity index (χ2n) is 3.02. The number of rotatable bonds is 1. The normalized spacial score (nSPS) is 10.2. The first-order chi connectivity index (χ1) is 7.22. The molecule has 2 N–H and O–H groups in total. The number of ether oxygens (including phenoxy) is 1. The molecule has 1 heterocycles. The third-order valence-electron chi connectivity index (χ3n) is 2.11. The largest absolute Gasteiger partial charge is 0.453 e. The van der Waals surface area contributed by atoms with Gasteiger partial charge in [0, 0.05) is 5.39 Å². The average Bonchev–Trinajstić information content (AvgIpc) is 2.57. The molecule has 0 aliphatic carbocycles. The van der Waals surface area contributed by atoms with E-state index >= 15 is 0 Å². The van der Waals surface area contributed by atoms with Crippen molar-refractivity contribution in [2.45, 2.75) is 0 Å². The fourth-order valence-electron chi connectivity index (χ4n) is 1.42. The predicted molar refractivity (Wildman–Crippen MR) is 55.2 cm³/mol. The number of nitrogens with one attached hydrogen (secondary N) is 1. The number of aromatic nitrogens is 1. The van der Waals surface area contributed by atoms with Crippen molar-refractivity contribution in [3.63, 3.8) is 0 Å². The van der Waals surface area contributed by atoms with Crippen LogP contribution in [0.5, 0.6) is 0 Å². The zero-order valence-electron chi connectivity index (χ0n) is 8.10. The van der Waals surface area contributed by atoms with Gasteiger partial charge in [0.15, 0.2) is 0 Å². The zero-order valence-corrected chi connectivity index (χ0v) is 8.10. The summed E-state index contributed by atoms with van der Waals surface area (Å²) in [5, 5.41) is 12.8. The maximum absolute atomic E-state index is 11.0. The molecule has 1 aromatic carbocycles. The molecule has 1 amide bonds. The van der Waals surface area contributed by atoms with Crippen LogP contribution in [0.3, 0.4) is 0 Å². The summed E-state index contributed by atoms with van der Waals surface area (Å²) in [4.78, 5) is 11.0. The van der Waals surface area contributed by atoms with Gasteiger partial charge in [0.2, 0.25) is 0 Å². The van der Waals surface area contributed by atoms with Crippen LogP contribution in [-0.4, -0.2) is 23.1 Å².